The fraction of sp³-hybridized carbons (Fsp3) is 0.400. The second kappa shape index (κ2) is 9.29. The molecule has 1 aromatic rings. The summed E-state index contributed by atoms with van der Waals surface area (Å²) < 4.78 is 4.72. The minimum Gasteiger partial charge on any atom is -0.460 e. The highest BCUT2D eigenvalue weighted by Crippen LogP contribution is 2.06. The monoisotopic (exact) mass is 312 g/mol. The highest BCUT2D eigenvalue weighted by atomic mass is 16.5. The molecule has 0 aliphatic rings. The van der Waals surface area contributed by atoms with Gasteiger partial charge in [-0.2, -0.15) is 0 Å². The molecule has 0 amide bonds. The van der Waals surface area contributed by atoms with E-state index < -0.39 is 43.6 Å². The van der Waals surface area contributed by atoms with Crippen LogP contribution in [0.2, 0.25) is 0 Å². The van der Waals surface area contributed by atoms with Crippen LogP contribution in [0, 0.1) is 0 Å². The van der Waals surface area contributed by atoms with E-state index in [0.29, 0.717) is 0 Å². The van der Waals surface area contributed by atoms with Gasteiger partial charge in [-0.05, 0) is 11.6 Å². The van der Waals surface area contributed by atoms with E-state index in [4.69, 9.17) is 14.9 Å². The average Bonchev–Trinajstić information content (AvgIpc) is 2.56. The first-order chi connectivity index (χ1) is 10.5. The van der Waals surface area contributed by atoms with Crippen molar-refractivity contribution in [1.82, 2.24) is 0 Å². The molecule has 7 nitrogen and oxygen atoms in total. The molecule has 0 aliphatic heterocycles. The van der Waals surface area contributed by atoms with Gasteiger partial charge in [0.05, 0.1) is 6.61 Å². The van der Waals surface area contributed by atoms with Gasteiger partial charge in [0.1, 0.15) is 31.0 Å². The van der Waals surface area contributed by atoms with Crippen LogP contribution in [0.4, 0.5) is 0 Å². The molecule has 0 saturated carbocycles. The summed E-state index contributed by atoms with van der Waals surface area (Å²) in [6.07, 6.45) is -4.02. The molecule has 0 fully saturated rings. The van der Waals surface area contributed by atoms with Gasteiger partial charge < -0.3 is 30.3 Å². The molecule has 0 radical (unpaired) electrons. The Morgan fingerprint density at radius 1 is 1.05 bits per heavy atom. The lowest BCUT2D eigenvalue weighted by molar-refractivity contribution is -0.151. The van der Waals surface area contributed by atoms with Crippen LogP contribution in [0.3, 0.4) is 0 Å². The van der Waals surface area contributed by atoms with Crippen LogP contribution in [0.25, 0.3) is 6.08 Å². The Labute approximate surface area is 127 Å². The van der Waals surface area contributed by atoms with Crippen molar-refractivity contribution in [3.63, 3.8) is 0 Å². The van der Waals surface area contributed by atoms with Gasteiger partial charge >= 0.3 is 5.97 Å². The number of ether oxygens (including phenoxy) is 1. The average molecular weight is 312 g/mol. The highest BCUT2D eigenvalue weighted by Gasteiger charge is 2.30. The third kappa shape index (κ3) is 5.92. The first-order valence-corrected chi connectivity index (χ1v) is 6.68. The molecule has 0 aromatic heterocycles. The van der Waals surface area contributed by atoms with Gasteiger partial charge in [0.25, 0.3) is 0 Å². The third-order valence-corrected chi connectivity index (χ3v) is 2.93. The van der Waals surface area contributed by atoms with Crippen molar-refractivity contribution >= 4 is 12.0 Å². The summed E-state index contributed by atoms with van der Waals surface area (Å²) in [6.45, 7) is -1.33. The summed E-state index contributed by atoms with van der Waals surface area (Å²) in [4.78, 5) is 11.4. The number of benzene rings is 1. The van der Waals surface area contributed by atoms with Crippen LogP contribution >= 0.6 is 0 Å². The Morgan fingerprint density at radius 3 is 2.23 bits per heavy atom. The number of carbonyl (C=O) groups is 1. The van der Waals surface area contributed by atoms with E-state index >= 15 is 0 Å². The molecular weight excluding hydrogens is 292 g/mol. The first-order valence-electron chi connectivity index (χ1n) is 6.68. The number of rotatable bonds is 8. The zero-order valence-electron chi connectivity index (χ0n) is 11.8. The first kappa shape index (κ1) is 18.3. The molecule has 0 saturated heterocycles. The molecule has 1 aromatic carbocycles. The normalized spacial score (nSPS) is 17.0. The molecule has 4 unspecified atom stereocenters. The molecule has 5 N–H and O–H groups in total. The van der Waals surface area contributed by atoms with E-state index in [-0.39, 0.29) is 0 Å². The van der Waals surface area contributed by atoms with Crippen LogP contribution in [-0.4, -0.2) is 69.1 Å². The number of esters is 1. The molecule has 0 aliphatic carbocycles. The van der Waals surface area contributed by atoms with Crippen molar-refractivity contribution in [3.05, 3.63) is 42.0 Å². The topological polar surface area (TPSA) is 127 Å². The third-order valence-electron chi connectivity index (χ3n) is 2.93. The Hall–Kier alpha value is -1.77. The fourth-order valence-corrected chi connectivity index (χ4v) is 1.61. The summed E-state index contributed by atoms with van der Waals surface area (Å²) in [7, 11) is 0. The maximum absolute atomic E-state index is 11.4. The summed E-state index contributed by atoms with van der Waals surface area (Å²) in [6, 6.07) is 9.02. The molecule has 22 heavy (non-hydrogen) atoms. The lowest BCUT2D eigenvalue weighted by Gasteiger charge is -2.25. The number of hydrogen-bond acceptors (Lipinski definition) is 7. The standard InChI is InChI=1S/C15H20O7/c16-8-11(17)14(20)15(21)12(18)9-22-13(19)7-6-10-4-2-1-3-5-10/h1-7,11-12,14-18,20-21H,8-9H2. The highest BCUT2D eigenvalue weighted by molar-refractivity contribution is 5.87. The van der Waals surface area contributed by atoms with E-state index in [9.17, 15) is 20.1 Å². The molecule has 0 heterocycles. The lowest BCUT2D eigenvalue weighted by Crippen LogP contribution is -2.47. The molecular formula is C15H20O7. The molecule has 0 bridgehead atoms. The molecule has 122 valence electrons. The molecule has 7 heteroatoms. The van der Waals surface area contributed by atoms with Crippen LogP contribution in [-0.2, 0) is 9.53 Å². The van der Waals surface area contributed by atoms with Crippen LogP contribution in [0.1, 0.15) is 5.56 Å². The Bertz CT molecular complexity index is 474. The number of hydrogen-bond donors (Lipinski definition) is 5. The van der Waals surface area contributed by atoms with Crippen molar-refractivity contribution in [1.29, 1.82) is 0 Å². The van der Waals surface area contributed by atoms with Gasteiger partial charge in [0.15, 0.2) is 0 Å². The van der Waals surface area contributed by atoms with Crippen LogP contribution in [0.5, 0.6) is 0 Å². The van der Waals surface area contributed by atoms with Crippen molar-refractivity contribution in [2.75, 3.05) is 13.2 Å². The van der Waals surface area contributed by atoms with Gasteiger partial charge in [0.2, 0.25) is 0 Å². The van der Waals surface area contributed by atoms with Gasteiger partial charge in [-0.25, -0.2) is 4.79 Å². The second-order valence-corrected chi connectivity index (χ2v) is 4.67. The Morgan fingerprint density at radius 2 is 1.64 bits per heavy atom. The SMILES string of the molecule is O=C(C=Cc1ccccc1)OCC(O)C(O)C(O)C(O)CO. The van der Waals surface area contributed by atoms with Gasteiger partial charge in [-0.3, -0.25) is 0 Å². The predicted octanol–water partition coefficient (Wildman–Crippen LogP) is -1.32. The van der Waals surface area contributed by atoms with Gasteiger partial charge in [-0.1, -0.05) is 30.3 Å². The Balaban J connectivity index is 2.41. The fourth-order valence-electron chi connectivity index (χ4n) is 1.61. The van der Waals surface area contributed by atoms with E-state index in [1.165, 1.54) is 6.08 Å². The lowest BCUT2D eigenvalue weighted by atomic mass is 10.0. The van der Waals surface area contributed by atoms with Gasteiger partial charge in [-0.15, -0.1) is 0 Å². The summed E-state index contributed by atoms with van der Waals surface area (Å²) >= 11 is 0. The number of aliphatic hydroxyl groups is 5. The van der Waals surface area contributed by atoms with Crippen LogP contribution < -0.4 is 0 Å². The zero-order chi connectivity index (χ0) is 16.5. The van der Waals surface area contributed by atoms with Crippen molar-refractivity contribution in [2.24, 2.45) is 0 Å². The van der Waals surface area contributed by atoms with E-state index in [1.54, 1.807) is 24.3 Å². The zero-order valence-corrected chi connectivity index (χ0v) is 11.8. The number of carbonyl (C=O) groups excluding carboxylic acids is 1. The van der Waals surface area contributed by atoms with E-state index in [2.05, 4.69) is 0 Å². The quantitative estimate of drug-likeness (QED) is 0.297. The smallest absolute Gasteiger partial charge is 0.330 e. The van der Waals surface area contributed by atoms with Crippen molar-refractivity contribution in [3.8, 4) is 0 Å². The van der Waals surface area contributed by atoms with E-state index in [0.717, 1.165) is 11.6 Å². The van der Waals surface area contributed by atoms with Crippen LogP contribution in [0.15, 0.2) is 36.4 Å². The van der Waals surface area contributed by atoms with Crippen molar-refractivity contribution in [2.45, 2.75) is 24.4 Å². The number of aliphatic hydroxyl groups excluding tert-OH is 5. The largest absolute Gasteiger partial charge is 0.460 e. The minimum absolute atomic E-state index is 0.561. The minimum atomic E-state index is -1.76. The summed E-state index contributed by atoms with van der Waals surface area (Å²) in [5.41, 5.74) is 0.793. The van der Waals surface area contributed by atoms with Gasteiger partial charge in [0, 0.05) is 6.08 Å². The van der Waals surface area contributed by atoms with Crippen molar-refractivity contribution < 1.29 is 35.1 Å². The predicted molar refractivity (Wildman–Crippen MR) is 77.5 cm³/mol. The summed E-state index contributed by atoms with van der Waals surface area (Å²) in [5, 5.41) is 46.3. The Kier molecular flexibility index (Phi) is 7.72. The molecule has 0 spiro atoms. The molecule has 1 rings (SSSR count). The van der Waals surface area contributed by atoms with E-state index in [1.807, 2.05) is 6.07 Å². The maximum atomic E-state index is 11.4. The maximum Gasteiger partial charge on any atom is 0.330 e. The second-order valence-electron chi connectivity index (χ2n) is 4.67. The summed E-state index contributed by atoms with van der Waals surface area (Å²) in [5.74, 6) is -0.729. The molecule has 4 atom stereocenters.